The molecule has 0 fully saturated rings. The quantitative estimate of drug-likeness (QED) is 0.168. The van der Waals surface area contributed by atoms with Gasteiger partial charge in [-0.25, -0.2) is 9.97 Å². The lowest BCUT2D eigenvalue weighted by Gasteiger charge is -2.22. The van der Waals surface area contributed by atoms with E-state index in [9.17, 15) is 0 Å². The van der Waals surface area contributed by atoms with Crippen LogP contribution in [0.15, 0.2) is 212 Å². The lowest BCUT2D eigenvalue weighted by atomic mass is 9.81. The largest absolute Gasteiger partial charge is 0.309 e. The Morgan fingerprint density at radius 1 is 0.371 bits per heavy atom. The number of hydrogen-bond donors (Lipinski definition) is 0. The van der Waals surface area contributed by atoms with Gasteiger partial charge < -0.3 is 4.57 Å². The van der Waals surface area contributed by atoms with E-state index in [-0.39, 0.29) is 5.41 Å². The molecule has 9 aromatic carbocycles. The summed E-state index contributed by atoms with van der Waals surface area (Å²) in [4.78, 5) is 10.6. The molecule has 11 aromatic rings. The smallest absolute Gasteiger partial charge is 0.160 e. The maximum atomic E-state index is 5.32. The number of aromatic nitrogens is 3. The van der Waals surface area contributed by atoms with Crippen LogP contribution in [0.3, 0.4) is 0 Å². The minimum Gasteiger partial charge on any atom is -0.309 e. The summed E-state index contributed by atoms with van der Waals surface area (Å²) < 4.78 is 2.36. The number of benzene rings is 9. The van der Waals surface area contributed by atoms with Gasteiger partial charge in [0, 0.05) is 38.6 Å². The second kappa shape index (κ2) is 14.1. The first-order valence-electron chi connectivity index (χ1n) is 21.4. The second-order valence-electron chi connectivity index (χ2n) is 17.0. The molecule has 62 heavy (non-hydrogen) atoms. The molecule has 3 heteroatoms. The van der Waals surface area contributed by atoms with Gasteiger partial charge in [-0.15, -0.1) is 0 Å². The summed E-state index contributed by atoms with van der Waals surface area (Å²) in [5.74, 6) is 0.697. The molecule has 292 valence electrons. The molecule has 0 N–H and O–H groups in total. The van der Waals surface area contributed by atoms with E-state index in [1.807, 2.05) is 6.07 Å². The van der Waals surface area contributed by atoms with Crippen LogP contribution in [0.2, 0.25) is 0 Å². The lowest BCUT2D eigenvalue weighted by Crippen LogP contribution is -2.14. The molecule has 0 unspecified atom stereocenters. The molecule has 0 radical (unpaired) electrons. The van der Waals surface area contributed by atoms with Gasteiger partial charge in [-0.05, 0) is 110 Å². The fourth-order valence-electron chi connectivity index (χ4n) is 9.96. The summed E-state index contributed by atoms with van der Waals surface area (Å²) >= 11 is 0. The van der Waals surface area contributed by atoms with Crippen LogP contribution in [-0.4, -0.2) is 14.5 Å². The fraction of sp³-hybridized carbons (Fsp3) is 0.0508. The summed E-state index contributed by atoms with van der Waals surface area (Å²) in [7, 11) is 0. The zero-order chi connectivity index (χ0) is 41.4. The Bertz CT molecular complexity index is 3540. The van der Waals surface area contributed by atoms with E-state index < -0.39 is 0 Å². The standard InChI is InChI=1S/C59H41N3/c1-59(2)51-29-16-28-46(57(51)50-34-39-19-9-10-20-40(39)36-52(50)59)41-21-15-22-43(33-41)53-37-54(61-58(60-53)38-17-5-3-6-18-38)47-26-12-11-25-45(47)42-31-32-56-49(35-42)48-27-13-14-30-55(48)62(56)44-23-7-4-8-24-44/h3-37H,1-2H3. The first kappa shape index (κ1) is 36.0. The molecule has 1 aliphatic carbocycles. The molecule has 0 atom stereocenters. The number of rotatable bonds is 6. The lowest BCUT2D eigenvalue weighted by molar-refractivity contribution is 0.661. The molecule has 12 rings (SSSR count). The molecule has 0 saturated heterocycles. The summed E-state index contributed by atoms with van der Waals surface area (Å²) in [6, 6.07) is 76.6. The van der Waals surface area contributed by atoms with Crippen molar-refractivity contribution in [3.63, 3.8) is 0 Å². The molecular formula is C59H41N3. The van der Waals surface area contributed by atoms with E-state index >= 15 is 0 Å². The Hall–Kier alpha value is -7.88. The van der Waals surface area contributed by atoms with Gasteiger partial charge in [-0.1, -0.05) is 172 Å². The summed E-state index contributed by atoms with van der Waals surface area (Å²) in [5, 5.41) is 4.99. The summed E-state index contributed by atoms with van der Waals surface area (Å²) in [6.07, 6.45) is 0. The van der Waals surface area contributed by atoms with Crippen LogP contribution in [0.25, 0.3) is 106 Å². The maximum absolute atomic E-state index is 5.32. The van der Waals surface area contributed by atoms with Gasteiger partial charge in [0.05, 0.1) is 22.4 Å². The molecule has 1 aliphatic rings. The van der Waals surface area contributed by atoms with Crippen molar-refractivity contribution in [2.75, 3.05) is 0 Å². The Morgan fingerprint density at radius 2 is 0.984 bits per heavy atom. The van der Waals surface area contributed by atoms with Crippen LogP contribution in [0.5, 0.6) is 0 Å². The van der Waals surface area contributed by atoms with Crippen molar-refractivity contribution in [1.29, 1.82) is 0 Å². The minimum atomic E-state index is -0.120. The highest BCUT2D eigenvalue weighted by Crippen LogP contribution is 2.53. The SMILES string of the molecule is CC1(C)c2cc3ccccc3cc2-c2c(-c3cccc(-c4cc(-c5ccccc5-c5ccc6c(c5)c5ccccc5n6-c5ccccc5)nc(-c5ccccc5)n4)c3)cccc21. The average Bonchev–Trinajstić information content (AvgIpc) is 3.78. The number of nitrogens with zero attached hydrogens (tertiary/aromatic N) is 3. The molecular weight excluding hydrogens is 751 g/mol. The second-order valence-corrected chi connectivity index (χ2v) is 17.0. The van der Waals surface area contributed by atoms with E-state index in [0.717, 1.165) is 44.9 Å². The van der Waals surface area contributed by atoms with Crippen molar-refractivity contribution in [2.24, 2.45) is 0 Å². The van der Waals surface area contributed by atoms with Gasteiger partial charge in [-0.2, -0.15) is 0 Å². The highest BCUT2D eigenvalue weighted by Gasteiger charge is 2.37. The number of para-hydroxylation sites is 2. The highest BCUT2D eigenvalue weighted by molar-refractivity contribution is 6.11. The predicted molar refractivity (Wildman–Crippen MR) is 259 cm³/mol. The first-order chi connectivity index (χ1) is 30.5. The molecule has 0 spiro atoms. The van der Waals surface area contributed by atoms with Crippen molar-refractivity contribution in [3.05, 3.63) is 223 Å². The Balaban J connectivity index is 1.01. The average molecular weight is 792 g/mol. The van der Waals surface area contributed by atoms with Gasteiger partial charge in [0.2, 0.25) is 0 Å². The Morgan fingerprint density at radius 3 is 1.82 bits per heavy atom. The molecule has 2 heterocycles. The topological polar surface area (TPSA) is 30.7 Å². The first-order valence-corrected chi connectivity index (χ1v) is 21.4. The van der Waals surface area contributed by atoms with Crippen LogP contribution in [0.1, 0.15) is 25.0 Å². The molecule has 3 nitrogen and oxygen atoms in total. The third-order valence-electron chi connectivity index (χ3n) is 13.0. The fourth-order valence-corrected chi connectivity index (χ4v) is 9.96. The van der Waals surface area contributed by atoms with Crippen molar-refractivity contribution in [2.45, 2.75) is 19.3 Å². The maximum Gasteiger partial charge on any atom is 0.160 e. The van der Waals surface area contributed by atoms with Crippen LogP contribution < -0.4 is 0 Å². The normalized spacial score (nSPS) is 12.8. The van der Waals surface area contributed by atoms with Gasteiger partial charge >= 0.3 is 0 Å². The van der Waals surface area contributed by atoms with Crippen molar-refractivity contribution in [1.82, 2.24) is 14.5 Å². The molecule has 0 bridgehead atoms. The highest BCUT2D eigenvalue weighted by atomic mass is 15.0. The minimum absolute atomic E-state index is 0.120. The van der Waals surface area contributed by atoms with Crippen molar-refractivity contribution in [3.8, 4) is 73.0 Å². The third-order valence-corrected chi connectivity index (χ3v) is 13.0. The zero-order valence-corrected chi connectivity index (χ0v) is 34.5. The third kappa shape index (κ3) is 5.73. The van der Waals surface area contributed by atoms with Gasteiger partial charge in [0.25, 0.3) is 0 Å². The molecule has 0 amide bonds. The van der Waals surface area contributed by atoms with E-state index in [0.29, 0.717) is 5.82 Å². The Kier molecular flexibility index (Phi) is 8.20. The monoisotopic (exact) mass is 791 g/mol. The van der Waals surface area contributed by atoms with Crippen LogP contribution in [0, 0.1) is 0 Å². The van der Waals surface area contributed by atoms with Crippen molar-refractivity contribution < 1.29 is 0 Å². The summed E-state index contributed by atoms with van der Waals surface area (Å²) in [6.45, 7) is 4.72. The number of fused-ring (bicyclic) bond motifs is 7. The summed E-state index contributed by atoms with van der Waals surface area (Å²) in [5.41, 5.74) is 18.3. The van der Waals surface area contributed by atoms with E-state index in [1.165, 1.54) is 66.0 Å². The van der Waals surface area contributed by atoms with Crippen LogP contribution >= 0.6 is 0 Å². The van der Waals surface area contributed by atoms with Crippen molar-refractivity contribution >= 4 is 32.6 Å². The molecule has 0 aliphatic heterocycles. The predicted octanol–water partition coefficient (Wildman–Crippen LogP) is 15.4. The molecule has 2 aromatic heterocycles. The van der Waals surface area contributed by atoms with Crippen LogP contribution in [-0.2, 0) is 5.41 Å². The number of hydrogen-bond acceptors (Lipinski definition) is 2. The van der Waals surface area contributed by atoms with E-state index in [2.05, 4.69) is 225 Å². The zero-order valence-electron chi connectivity index (χ0n) is 34.5. The van der Waals surface area contributed by atoms with Gasteiger partial charge in [0.15, 0.2) is 5.82 Å². The van der Waals surface area contributed by atoms with E-state index in [4.69, 9.17) is 9.97 Å². The Labute approximate surface area is 361 Å². The molecule has 0 saturated carbocycles. The van der Waals surface area contributed by atoms with Gasteiger partial charge in [0.1, 0.15) is 0 Å². The van der Waals surface area contributed by atoms with Gasteiger partial charge in [-0.3, -0.25) is 0 Å². The van der Waals surface area contributed by atoms with Crippen LogP contribution in [0.4, 0.5) is 0 Å². The van der Waals surface area contributed by atoms with E-state index in [1.54, 1.807) is 0 Å².